The number of nitrogens with zero attached hydrogens (tertiary/aromatic N) is 1. The highest BCUT2D eigenvalue weighted by Crippen LogP contribution is 2.13. The summed E-state index contributed by atoms with van der Waals surface area (Å²) in [6.07, 6.45) is 3.45. The Hall–Kier alpha value is -1.09. The highest BCUT2D eigenvalue weighted by Gasteiger charge is 2.11. The summed E-state index contributed by atoms with van der Waals surface area (Å²) < 4.78 is 5.58. The monoisotopic (exact) mass is 194 g/mol. The van der Waals surface area contributed by atoms with Gasteiger partial charge in [-0.25, -0.2) is 0 Å². The van der Waals surface area contributed by atoms with Gasteiger partial charge in [-0.3, -0.25) is 4.98 Å². The van der Waals surface area contributed by atoms with E-state index in [0.29, 0.717) is 25.0 Å². The number of hydrogen-bond donors (Lipinski definition) is 1. The first-order chi connectivity index (χ1) is 6.74. The highest BCUT2D eigenvalue weighted by atomic mass is 16.5. The molecule has 0 fully saturated rings. The molecule has 0 aliphatic carbocycles. The summed E-state index contributed by atoms with van der Waals surface area (Å²) in [5.41, 5.74) is 5.64. The van der Waals surface area contributed by atoms with Gasteiger partial charge in [-0.2, -0.15) is 0 Å². The largest absolute Gasteiger partial charge is 0.492 e. The molecule has 1 aromatic heterocycles. The smallest absolute Gasteiger partial charge is 0.137 e. The Morgan fingerprint density at radius 3 is 2.79 bits per heavy atom. The van der Waals surface area contributed by atoms with Gasteiger partial charge in [-0.1, -0.05) is 13.8 Å². The second-order valence-electron chi connectivity index (χ2n) is 3.74. The van der Waals surface area contributed by atoms with Gasteiger partial charge in [0.15, 0.2) is 0 Å². The van der Waals surface area contributed by atoms with E-state index in [2.05, 4.69) is 18.8 Å². The average molecular weight is 194 g/mol. The molecule has 0 saturated carbocycles. The van der Waals surface area contributed by atoms with Crippen LogP contribution in [0.15, 0.2) is 24.5 Å². The van der Waals surface area contributed by atoms with Crippen LogP contribution in [0.3, 0.4) is 0 Å². The lowest BCUT2D eigenvalue weighted by Gasteiger charge is -2.18. The molecule has 0 radical (unpaired) electrons. The van der Waals surface area contributed by atoms with E-state index in [9.17, 15) is 0 Å². The fourth-order valence-electron chi connectivity index (χ4n) is 1.17. The molecule has 0 aliphatic rings. The minimum absolute atomic E-state index is 0.412. The Kier molecular flexibility index (Phi) is 4.40. The van der Waals surface area contributed by atoms with Crippen LogP contribution in [-0.2, 0) is 0 Å². The summed E-state index contributed by atoms with van der Waals surface area (Å²) in [6, 6.07) is 3.77. The zero-order chi connectivity index (χ0) is 10.4. The molecule has 0 amide bonds. The Balaban J connectivity index is 2.40. The minimum Gasteiger partial charge on any atom is -0.492 e. The Morgan fingerprint density at radius 2 is 2.29 bits per heavy atom. The molecule has 2 N–H and O–H groups in total. The van der Waals surface area contributed by atoms with E-state index in [4.69, 9.17) is 10.5 Å². The van der Waals surface area contributed by atoms with Gasteiger partial charge in [0.25, 0.3) is 0 Å². The van der Waals surface area contributed by atoms with Crippen molar-refractivity contribution in [3.8, 4) is 5.75 Å². The maximum Gasteiger partial charge on any atom is 0.137 e. The van der Waals surface area contributed by atoms with Crippen molar-refractivity contribution in [3.05, 3.63) is 24.5 Å². The Bertz CT molecular complexity index is 249. The number of aromatic nitrogens is 1. The van der Waals surface area contributed by atoms with Gasteiger partial charge >= 0.3 is 0 Å². The van der Waals surface area contributed by atoms with Crippen molar-refractivity contribution in [3.63, 3.8) is 0 Å². The Labute approximate surface area is 85.3 Å². The normalized spacial score (nSPS) is 12.9. The predicted molar refractivity (Wildman–Crippen MR) is 57.1 cm³/mol. The van der Waals surface area contributed by atoms with Crippen LogP contribution in [-0.4, -0.2) is 18.1 Å². The van der Waals surface area contributed by atoms with Crippen molar-refractivity contribution in [2.24, 2.45) is 17.6 Å². The van der Waals surface area contributed by atoms with Crippen molar-refractivity contribution < 1.29 is 4.74 Å². The first kappa shape index (κ1) is 11.0. The van der Waals surface area contributed by atoms with Gasteiger partial charge in [-0.05, 0) is 24.6 Å². The van der Waals surface area contributed by atoms with Crippen LogP contribution in [0.1, 0.15) is 13.8 Å². The van der Waals surface area contributed by atoms with E-state index < -0.39 is 0 Å². The van der Waals surface area contributed by atoms with E-state index in [1.165, 1.54) is 0 Å². The Morgan fingerprint density at radius 1 is 1.50 bits per heavy atom. The third-order valence-electron chi connectivity index (χ3n) is 2.34. The van der Waals surface area contributed by atoms with Gasteiger partial charge < -0.3 is 10.5 Å². The van der Waals surface area contributed by atoms with Gasteiger partial charge in [0.1, 0.15) is 5.75 Å². The van der Waals surface area contributed by atoms with Crippen molar-refractivity contribution in [2.75, 3.05) is 13.2 Å². The summed E-state index contributed by atoms with van der Waals surface area (Å²) in [7, 11) is 0. The number of ether oxygens (including phenoxy) is 1. The molecule has 1 heterocycles. The molecule has 0 aliphatic heterocycles. The molecule has 1 aromatic rings. The van der Waals surface area contributed by atoms with Gasteiger partial charge in [0.2, 0.25) is 0 Å². The van der Waals surface area contributed by atoms with Crippen molar-refractivity contribution in [1.82, 2.24) is 4.98 Å². The molecule has 1 unspecified atom stereocenters. The summed E-state index contributed by atoms with van der Waals surface area (Å²) >= 11 is 0. The standard InChI is InChI=1S/C11H18N2O/c1-9(2)10(6-12)8-14-11-4-3-5-13-7-11/h3-5,7,9-10H,6,8,12H2,1-2H3. The summed E-state index contributed by atoms with van der Waals surface area (Å²) in [4.78, 5) is 3.98. The summed E-state index contributed by atoms with van der Waals surface area (Å²) in [5.74, 6) is 1.78. The second kappa shape index (κ2) is 5.60. The zero-order valence-electron chi connectivity index (χ0n) is 8.81. The van der Waals surface area contributed by atoms with Gasteiger partial charge in [0.05, 0.1) is 12.8 Å². The zero-order valence-corrected chi connectivity index (χ0v) is 8.81. The fourth-order valence-corrected chi connectivity index (χ4v) is 1.17. The van der Waals surface area contributed by atoms with Crippen LogP contribution in [0.25, 0.3) is 0 Å². The molecule has 1 atom stereocenters. The third-order valence-corrected chi connectivity index (χ3v) is 2.34. The molecular weight excluding hydrogens is 176 g/mol. The van der Waals surface area contributed by atoms with E-state index in [0.717, 1.165) is 5.75 Å². The number of rotatable bonds is 5. The van der Waals surface area contributed by atoms with Crippen molar-refractivity contribution in [2.45, 2.75) is 13.8 Å². The molecule has 0 aromatic carbocycles. The van der Waals surface area contributed by atoms with E-state index in [1.54, 1.807) is 12.4 Å². The number of nitrogens with two attached hydrogens (primary N) is 1. The lowest BCUT2D eigenvalue weighted by molar-refractivity contribution is 0.214. The SMILES string of the molecule is CC(C)C(CN)COc1cccnc1. The molecule has 3 heteroatoms. The van der Waals surface area contributed by atoms with Crippen molar-refractivity contribution in [1.29, 1.82) is 0 Å². The molecule has 78 valence electrons. The minimum atomic E-state index is 0.412. The molecule has 1 rings (SSSR count). The molecule has 3 nitrogen and oxygen atoms in total. The average Bonchev–Trinajstić information content (AvgIpc) is 2.20. The molecule has 0 spiro atoms. The van der Waals surface area contributed by atoms with Crippen LogP contribution in [0, 0.1) is 11.8 Å². The first-order valence-electron chi connectivity index (χ1n) is 4.97. The third kappa shape index (κ3) is 3.34. The van der Waals surface area contributed by atoms with Crippen LogP contribution >= 0.6 is 0 Å². The van der Waals surface area contributed by atoms with Crippen LogP contribution in [0.5, 0.6) is 5.75 Å². The number of hydrogen-bond acceptors (Lipinski definition) is 3. The maximum absolute atomic E-state index is 5.64. The quantitative estimate of drug-likeness (QED) is 0.776. The van der Waals surface area contributed by atoms with E-state index >= 15 is 0 Å². The summed E-state index contributed by atoms with van der Waals surface area (Å²) in [6.45, 7) is 5.64. The maximum atomic E-state index is 5.64. The second-order valence-corrected chi connectivity index (χ2v) is 3.74. The van der Waals surface area contributed by atoms with Crippen molar-refractivity contribution >= 4 is 0 Å². The van der Waals surface area contributed by atoms with Crippen LogP contribution < -0.4 is 10.5 Å². The first-order valence-corrected chi connectivity index (χ1v) is 4.97. The molecule has 0 saturated heterocycles. The fraction of sp³-hybridized carbons (Fsp3) is 0.545. The molecular formula is C11H18N2O. The molecule has 14 heavy (non-hydrogen) atoms. The van der Waals surface area contributed by atoms with Crippen LogP contribution in [0.4, 0.5) is 0 Å². The van der Waals surface area contributed by atoms with Crippen LogP contribution in [0.2, 0.25) is 0 Å². The lowest BCUT2D eigenvalue weighted by Crippen LogP contribution is -2.26. The van der Waals surface area contributed by atoms with Gasteiger partial charge in [0, 0.05) is 12.1 Å². The lowest BCUT2D eigenvalue weighted by atomic mass is 9.97. The van der Waals surface area contributed by atoms with Gasteiger partial charge in [-0.15, -0.1) is 0 Å². The predicted octanol–water partition coefficient (Wildman–Crippen LogP) is 1.69. The van der Waals surface area contributed by atoms with E-state index in [-0.39, 0.29) is 0 Å². The highest BCUT2D eigenvalue weighted by molar-refractivity contribution is 5.15. The summed E-state index contributed by atoms with van der Waals surface area (Å²) in [5, 5.41) is 0. The topological polar surface area (TPSA) is 48.1 Å². The molecule has 0 bridgehead atoms. The number of pyridine rings is 1. The van der Waals surface area contributed by atoms with E-state index in [1.807, 2.05) is 12.1 Å².